The number of benzene rings is 1. The van der Waals surface area contributed by atoms with E-state index >= 15 is 0 Å². The predicted octanol–water partition coefficient (Wildman–Crippen LogP) is 3.08. The number of para-hydroxylation sites is 1. The van der Waals surface area contributed by atoms with Crippen molar-refractivity contribution in [2.24, 2.45) is 11.7 Å². The molecule has 0 radical (unpaired) electrons. The standard InChI is InChI=1S/C15H17NO/c1-10(2)14(16)8-7-13-9-12-6-4-5-11(3)15(12)17-13/h4-6,9-10,14H,16H2,1-3H3. The van der Waals surface area contributed by atoms with Gasteiger partial charge in [-0.15, -0.1) is 0 Å². The van der Waals surface area contributed by atoms with Crippen molar-refractivity contribution in [2.75, 3.05) is 0 Å². The summed E-state index contributed by atoms with van der Waals surface area (Å²) >= 11 is 0. The van der Waals surface area contributed by atoms with Crippen LogP contribution in [0.15, 0.2) is 28.7 Å². The smallest absolute Gasteiger partial charge is 0.178 e. The van der Waals surface area contributed by atoms with Crippen molar-refractivity contribution in [3.05, 3.63) is 35.6 Å². The third kappa shape index (κ3) is 2.51. The van der Waals surface area contributed by atoms with Gasteiger partial charge in [-0.05, 0) is 24.3 Å². The van der Waals surface area contributed by atoms with Gasteiger partial charge in [0.1, 0.15) is 5.58 Å². The molecule has 1 aromatic heterocycles. The third-order valence-electron chi connectivity index (χ3n) is 2.82. The Hall–Kier alpha value is -1.72. The minimum Gasteiger partial charge on any atom is -0.447 e. The fourth-order valence-electron chi connectivity index (χ4n) is 1.59. The molecule has 2 nitrogen and oxygen atoms in total. The van der Waals surface area contributed by atoms with Gasteiger partial charge in [-0.2, -0.15) is 0 Å². The van der Waals surface area contributed by atoms with Gasteiger partial charge in [0.2, 0.25) is 0 Å². The van der Waals surface area contributed by atoms with Gasteiger partial charge in [-0.3, -0.25) is 0 Å². The van der Waals surface area contributed by atoms with E-state index in [1.54, 1.807) is 0 Å². The molecule has 2 heteroatoms. The first-order chi connectivity index (χ1) is 8.08. The van der Waals surface area contributed by atoms with Crippen LogP contribution in [-0.4, -0.2) is 6.04 Å². The van der Waals surface area contributed by atoms with Crippen LogP contribution in [0.25, 0.3) is 11.0 Å². The van der Waals surface area contributed by atoms with E-state index in [1.807, 2.05) is 31.2 Å². The summed E-state index contributed by atoms with van der Waals surface area (Å²) in [5.41, 5.74) is 7.91. The molecule has 1 unspecified atom stereocenters. The Morgan fingerprint density at radius 1 is 1.29 bits per heavy atom. The van der Waals surface area contributed by atoms with Crippen molar-refractivity contribution in [3.63, 3.8) is 0 Å². The van der Waals surface area contributed by atoms with E-state index in [0.29, 0.717) is 11.7 Å². The zero-order valence-corrected chi connectivity index (χ0v) is 10.4. The van der Waals surface area contributed by atoms with Crippen LogP contribution in [0, 0.1) is 24.7 Å². The van der Waals surface area contributed by atoms with Crippen LogP contribution >= 0.6 is 0 Å². The molecule has 0 aliphatic rings. The first-order valence-electron chi connectivity index (χ1n) is 5.84. The maximum Gasteiger partial charge on any atom is 0.178 e. The minimum absolute atomic E-state index is 0.107. The third-order valence-corrected chi connectivity index (χ3v) is 2.82. The van der Waals surface area contributed by atoms with Gasteiger partial charge in [-0.25, -0.2) is 0 Å². The number of fused-ring (bicyclic) bond motifs is 1. The van der Waals surface area contributed by atoms with Crippen LogP contribution in [0.5, 0.6) is 0 Å². The van der Waals surface area contributed by atoms with Gasteiger partial charge < -0.3 is 10.2 Å². The van der Waals surface area contributed by atoms with Crippen molar-refractivity contribution in [1.29, 1.82) is 0 Å². The average Bonchev–Trinajstić information content (AvgIpc) is 2.70. The van der Waals surface area contributed by atoms with Crippen molar-refractivity contribution >= 4 is 11.0 Å². The molecule has 0 amide bonds. The Bertz CT molecular complexity index is 584. The normalized spacial score (nSPS) is 12.5. The highest BCUT2D eigenvalue weighted by Crippen LogP contribution is 2.21. The second kappa shape index (κ2) is 4.65. The van der Waals surface area contributed by atoms with Gasteiger partial charge in [0, 0.05) is 11.5 Å². The second-order valence-electron chi connectivity index (χ2n) is 4.64. The Balaban J connectivity index is 2.35. The summed E-state index contributed by atoms with van der Waals surface area (Å²) in [6, 6.07) is 7.93. The van der Waals surface area contributed by atoms with Crippen molar-refractivity contribution in [3.8, 4) is 11.8 Å². The summed E-state index contributed by atoms with van der Waals surface area (Å²) in [7, 11) is 0. The summed E-state index contributed by atoms with van der Waals surface area (Å²) in [6.07, 6.45) is 0. The van der Waals surface area contributed by atoms with Crippen LogP contribution in [0.4, 0.5) is 0 Å². The molecule has 0 saturated carbocycles. The highest BCUT2D eigenvalue weighted by atomic mass is 16.3. The molecule has 1 aromatic carbocycles. The van der Waals surface area contributed by atoms with Gasteiger partial charge in [0.15, 0.2) is 5.76 Å². The Morgan fingerprint density at radius 3 is 2.71 bits per heavy atom. The number of rotatable bonds is 1. The molecular formula is C15H17NO. The fraction of sp³-hybridized carbons (Fsp3) is 0.333. The molecule has 0 spiro atoms. The Labute approximate surface area is 102 Å². The summed E-state index contributed by atoms with van der Waals surface area (Å²) in [4.78, 5) is 0. The topological polar surface area (TPSA) is 39.2 Å². The molecular weight excluding hydrogens is 210 g/mol. The molecule has 88 valence electrons. The van der Waals surface area contributed by atoms with E-state index in [2.05, 4.69) is 25.7 Å². The summed E-state index contributed by atoms with van der Waals surface area (Å²) in [5.74, 6) is 7.05. The number of aryl methyl sites for hydroxylation is 1. The van der Waals surface area contributed by atoms with Crippen LogP contribution in [0.3, 0.4) is 0 Å². The van der Waals surface area contributed by atoms with E-state index in [4.69, 9.17) is 10.2 Å². The molecule has 0 fully saturated rings. The van der Waals surface area contributed by atoms with E-state index < -0.39 is 0 Å². The van der Waals surface area contributed by atoms with Crippen LogP contribution in [-0.2, 0) is 0 Å². The molecule has 2 aromatic rings. The highest BCUT2D eigenvalue weighted by Gasteiger charge is 2.05. The first kappa shape index (κ1) is 11.8. The lowest BCUT2D eigenvalue weighted by Gasteiger charge is -2.05. The van der Waals surface area contributed by atoms with E-state index in [0.717, 1.165) is 16.5 Å². The zero-order valence-electron chi connectivity index (χ0n) is 10.4. The molecule has 0 bridgehead atoms. The number of hydrogen-bond donors (Lipinski definition) is 1. The second-order valence-corrected chi connectivity index (χ2v) is 4.64. The molecule has 2 rings (SSSR count). The Kier molecular flexibility index (Phi) is 3.21. The summed E-state index contributed by atoms with van der Waals surface area (Å²) in [6.45, 7) is 6.15. The monoisotopic (exact) mass is 227 g/mol. The largest absolute Gasteiger partial charge is 0.447 e. The summed E-state index contributed by atoms with van der Waals surface area (Å²) < 4.78 is 5.70. The maximum atomic E-state index is 5.87. The first-order valence-corrected chi connectivity index (χ1v) is 5.84. The lowest BCUT2D eigenvalue weighted by atomic mass is 10.1. The average molecular weight is 227 g/mol. The van der Waals surface area contributed by atoms with E-state index in [1.165, 1.54) is 0 Å². The molecule has 0 aliphatic carbocycles. The zero-order chi connectivity index (χ0) is 12.4. The molecule has 2 N–H and O–H groups in total. The Morgan fingerprint density at radius 2 is 2.06 bits per heavy atom. The lowest BCUT2D eigenvalue weighted by molar-refractivity contribution is 0.581. The van der Waals surface area contributed by atoms with Gasteiger partial charge in [-0.1, -0.05) is 38.0 Å². The SMILES string of the molecule is Cc1cccc2cc(C#CC(N)C(C)C)oc12. The van der Waals surface area contributed by atoms with Crippen molar-refractivity contribution in [1.82, 2.24) is 0 Å². The molecule has 1 heterocycles. The van der Waals surface area contributed by atoms with Crippen LogP contribution < -0.4 is 5.73 Å². The summed E-state index contributed by atoms with van der Waals surface area (Å²) in [5, 5.41) is 1.09. The van der Waals surface area contributed by atoms with Crippen molar-refractivity contribution in [2.45, 2.75) is 26.8 Å². The number of furan rings is 1. The molecule has 0 saturated heterocycles. The van der Waals surface area contributed by atoms with Crippen LogP contribution in [0.1, 0.15) is 25.2 Å². The molecule has 17 heavy (non-hydrogen) atoms. The van der Waals surface area contributed by atoms with Gasteiger partial charge in [0.25, 0.3) is 0 Å². The van der Waals surface area contributed by atoms with E-state index in [9.17, 15) is 0 Å². The van der Waals surface area contributed by atoms with Crippen LogP contribution in [0.2, 0.25) is 0 Å². The lowest BCUT2D eigenvalue weighted by Crippen LogP contribution is -2.23. The van der Waals surface area contributed by atoms with Gasteiger partial charge in [0.05, 0.1) is 6.04 Å². The minimum atomic E-state index is -0.107. The number of hydrogen-bond acceptors (Lipinski definition) is 2. The molecule has 0 aliphatic heterocycles. The van der Waals surface area contributed by atoms with E-state index in [-0.39, 0.29) is 6.04 Å². The quantitative estimate of drug-likeness (QED) is 0.760. The maximum absolute atomic E-state index is 5.87. The predicted molar refractivity (Wildman–Crippen MR) is 70.6 cm³/mol. The number of nitrogens with two attached hydrogens (primary N) is 1. The van der Waals surface area contributed by atoms with Gasteiger partial charge >= 0.3 is 0 Å². The molecule has 1 atom stereocenters. The highest BCUT2D eigenvalue weighted by molar-refractivity contribution is 5.81. The fourth-order valence-corrected chi connectivity index (χ4v) is 1.59. The van der Waals surface area contributed by atoms with Crippen molar-refractivity contribution < 1.29 is 4.42 Å².